The van der Waals surface area contributed by atoms with E-state index >= 15 is 0 Å². The molecule has 0 aromatic rings. The molecule has 5 heteroatoms. The average molecular weight is 225 g/mol. The fourth-order valence-corrected chi connectivity index (χ4v) is 0. The predicted molar refractivity (Wildman–Crippen MR) is 26.3 cm³/mol. The summed E-state index contributed by atoms with van der Waals surface area (Å²) in [6, 6.07) is 0. The van der Waals surface area contributed by atoms with Gasteiger partial charge in [0, 0.05) is 0 Å². The Morgan fingerprint density at radius 1 is 1.33 bits per heavy atom. The molecule has 2 N–H and O–H groups in total. The van der Waals surface area contributed by atoms with Crippen LogP contribution in [0.5, 0.6) is 0 Å². The molecule has 30 valence electrons. The Morgan fingerprint density at radius 2 is 1.33 bits per heavy atom. The summed E-state index contributed by atoms with van der Waals surface area (Å²) >= 11 is 0. The molecule has 0 rings (SSSR count). The number of hydrogen-bond acceptors (Lipinski definition) is 1. The summed E-state index contributed by atoms with van der Waals surface area (Å²) in [6.45, 7) is 0. The maximum atomic E-state index is 8.56. The molecule has 3 nitrogen and oxygen atoms in total. The molecule has 0 atom stereocenters. The van der Waals surface area contributed by atoms with Gasteiger partial charge in [-0.3, -0.25) is 0 Å². The van der Waals surface area contributed by atoms with Gasteiger partial charge >= 0.3 is 84.6 Å². The van der Waals surface area contributed by atoms with Crippen LogP contribution in [0.3, 0.4) is 0 Å². The molecule has 0 fully saturated rings. The Balaban J connectivity index is -0.0000000450. The van der Waals surface area contributed by atoms with Crippen molar-refractivity contribution in [2.75, 3.05) is 0 Å². The van der Waals surface area contributed by atoms with E-state index in [0.29, 0.717) is 0 Å². The molecule has 0 unspecified atom stereocenters. The molecule has 0 aliphatic heterocycles. The first-order valence-electron chi connectivity index (χ1n) is 0.651. The molecule has 0 heterocycles. The van der Waals surface area contributed by atoms with Crippen LogP contribution in [0.15, 0.2) is 0 Å². The van der Waals surface area contributed by atoms with Crippen LogP contribution in [0.4, 0.5) is 4.79 Å². The molecule has 0 spiro atoms. The zero-order valence-electron chi connectivity index (χ0n) is 1.80. The third-order valence-electron chi connectivity index (χ3n) is 0. The van der Waals surface area contributed by atoms with E-state index in [1.165, 1.54) is 0 Å². The first-order valence-corrected chi connectivity index (χ1v) is 0.651. The third-order valence-corrected chi connectivity index (χ3v) is 0. The van der Waals surface area contributed by atoms with E-state index in [2.05, 4.69) is 0 Å². The predicted octanol–water partition coefficient (Wildman–Crippen LogP) is -1.34. The number of carboxylic acid groups (broad SMARTS) is 2. The van der Waals surface area contributed by atoms with Crippen LogP contribution >= 0.6 is 0 Å². The van der Waals surface area contributed by atoms with Gasteiger partial charge in [0.1, 0.15) is 0 Å². The molecule has 0 amide bonds. The molecule has 0 aromatic heterocycles. The van der Waals surface area contributed by atoms with Gasteiger partial charge in [-0.2, -0.15) is 0 Å². The van der Waals surface area contributed by atoms with Crippen LogP contribution < -0.4 is 0 Å². The second-order valence-electron chi connectivity index (χ2n) is 0.283. The number of rotatable bonds is 0. The van der Waals surface area contributed by atoms with E-state index in [9.17, 15) is 0 Å². The van der Waals surface area contributed by atoms with Gasteiger partial charge in [0.05, 0.1) is 0 Å². The van der Waals surface area contributed by atoms with Crippen molar-refractivity contribution in [2.24, 2.45) is 0 Å². The van der Waals surface area contributed by atoms with E-state index in [1.54, 1.807) is 0 Å². The summed E-state index contributed by atoms with van der Waals surface area (Å²) < 4.78 is 0. The van der Waals surface area contributed by atoms with Gasteiger partial charge in [0.2, 0.25) is 0 Å². The van der Waals surface area contributed by atoms with Crippen LogP contribution in [-0.4, -0.2) is 94.8 Å². The molecular weight excluding hydrogens is 220 g/mol. The van der Waals surface area contributed by atoms with E-state index in [-0.39, 0.29) is 78.4 Å². The van der Waals surface area contributed by atoms with Gasteiger partial charge in [-0.15, -0.1) is 0 Å². The third kappa shape index (κ3) is 40.4. The van der Waals surface area contributed by atoms with E-state index in [0.717, 1.165) is 0 Å². The summed E-state index contributed by atoms with van der Waals surface area (Å²) in [4.78, 5) is 8.56. The van der Waals surface area contributed by atoms with Crippen molar-refractivity contribution < 1.29 is 15.0 Å². The topological polar surface area (TPSA) is 57.5 Å². The Labute approximate surface area is 97.5 Å². The maximum absolute atomic E-state index is 8.56. The molecule has 0 bridgehead atoms. The van der Waals surface area contributed by atoms with Crippen molar-refractivity contribution >= 4 is 84.6 Å². The van der Waals surface area contributed by atoms with Crippen molar-refractivity contribution in [3.63, 3.8) is 0 Å². The molecule has 0 saturated heterocycles. The van der Waals surface area contributed by atoms with Gasteiger partial charge in [-0.25, -0.2) is 4.79 Å². The van der Waals surface area contributed by atoms with Crippen molar-refractivity contribution in [3.05, 3.63) is 0 Å². The monoisotopic (exact) mass is 226 g/mol. The average Bonchev–Trinajstić information content (AvgIpc) is 0.811. The second-order valence-corrected chi connectivity index (χ2v) is 0.283. The van der Waals surface area contributed by atoms with Crippen molar-refractivity contribution in [2.45, 2.75) is 0 Å². The van der Waals surface area contributed by atoms with E-state index in [1.807, 2.05) is 0 Å². The van der Waals surface area contributed by atoms with E-state index < -0.39 is 6.16 Å². The molecule has 0 aliphatic carbocycles. The van der Waals surface area contributed by atoms with Gasteiger partial charge < -0.3 is 10.2 Å². The summed E-state index contributed by atoms with van der Waals surface area (Å²) in [5.41, 5.74) is 0. The molecule has 0 saturated carbocycles. The second kappa shape index (κ2) is 9.96. The van der Waals surface area contributed by atoms with Gasteiger partial charge in [-0.05, 0) is 0 Å². The first-order chi connectivity index (χ1) is 1.73. The van der Waals surface area contributed by atoms with Crippen LogP contribution in [0.2, 0.25) is 0 Å². The molecule has 0 aromatic carbocycles. The van der Waals surface area contributed by atoms with Crippen molar-refractivity contribution in [3.8, 4) is 0 Å². The molecule has 0 aliphatic rings. The van der Waals surface area contributed by atoms with Gasteiger partial charge in [0.15, 0.2) is 0 Å². The zero-order valence-corrected chi connectivity index (χ0v) is 1.80. The fourth-order valence-electron chi connectivity index (χ4n) is 0. The Hall–Kier alpha value is 1.84. The zero-order chi connectivity index (χ0) is 3.58. The van der Waals surface area contributed by atoms with Crippen LogP contribution in [-0.2, 0) is 0 Å². The van der Waals surface area contributed by atoms with Crippen molar-refractivity contribution in [1.82, 2.24) is 0 Å². The normalized spacial score (nSPS) is 4.00. The SMILES string of the molecule is O=C(O)O.[BaH2].[NaH]. The van der Waals surface area contributed by atoms with E-state index in [4.69, 9.17) is 15.0 Å². The Morgan fingerprint density at radius 3 is 1.33 bits per heavy atom. The minimum atomic E-state index is -1.83. The molecule has 6 heavy (non-hydrogen) atoms. The molecule has 0 radical (unpaired) electrons. The van der Waals surface area contributed by atoms with Crippen LogP contribution in [0, 0.1) is 0 Å². The summed E-state index contributed by atoms with van der Waals surface area (Å²) in [7, 11) is 0. The van der Waals surface area contributed by atoms with Gasteiger partial charge in [-0.1, -0.05) is 0 Å². The van der Waals surface area contributed by atoms with Crippen LogP contribution in [0.25, 0.3) is 0 Å². The molecular formula is CH5BaNaO3. The number of hydrogen-bond donors (Lipinski definition) is 2. The summed E-state index contributed by atoms with van der Waals surface area (Å²) in [5.74, 6) is 0. The Bertz CT molecular complexity index is 33.8. The fraction of sp³-hybridized carbons (Fsp3) is 0. The quantitative estimate of drug-likeness (QED) is 0.502. The summed E-state index contributed by atoms with van der Waals surface area (Å²) in [6.07, 6.45) is -1.83. The van der Waals surface area contributed by atoms with Crippen LogP contribution in [0.1, 0.15) is 0 Å². The Kier molecular flexibility index (Phi) is 26.0. The van der Waals surface area contributed by atoms with Gasteiger partial charge in [0.25, 0.3) is 0 Å². The minimum absolute atomic E-state index is 0. The summed E-state index contributed by atoms with van der Waals surface area (Å²) in [5, 5.41) is 13.9. The van der Waals surface area contributed by atoms with Crippen molar-refractivity contribution in [1.29, 1.82) is 0 Å². The first kappa shape index (κ1) is 15.7. The standard InChI is InChI=1S/CH2O3.Ba.Na.3H/c2-1(3)4;;;;;/h(H2,2,3,4);;;;;. The number of carbonyl (C=O) groups is 1.